The molecule has 0 atom stereocenters. The van der Waals surface area contributed by atoms with Gasteiger partial charge in [-0.1, -0.05) is 30.3 Å². The molecule has 184 valence electrons. The Morgan fingerprint density at radius 2 is 1.73 bits per heavy atom. The summed E-state index contributed by atoms with van der Waals surface area (Å²) in [6.07, 6.45) is 1.66. The van der Waals surface area contributed by atoms with Gasteiger partial charge in [0, 0.05) is 35.6 Å². The SMILES string of the molecule is CC(=O)Nc1ccc(-c2ccnc(Nc3cccc(C(=O)NCc4nc5c(C)cccc5[nH]4)c3)n2)cc1. The molecule has 0 saturated heterocycles. The van der Waals surface area contributed by atoms with Crippen LogP contribution in [0.4, 0.5) is 17.3 Å². The number of H-pyrrole nitrogens is 1. The fraction of sp³-hybridized carbons (Fsp3) is 0.107. The number of hydrogen-bond donors (Lipinski definition) is 4. The van der Waals surface area contributed by atoms with Gasteiger partial charge in [-0.15, -0.1) is 0 Å². The quantitative estimate of drug-likeness (QED) is 0.255. The number of fused-ring (bicyclic) bond motifs is 1. The summed E-state index contributed by atoms with van der Waals surface area (Å²) in [6, 6.07) is 22.3. The minimum Gasteiger partial charge on any atom is -0.345 e. The molecule has 0 radical (unpaired) electrons. The summed E-state index contributed by atoms with van der Waals surface area (Å²) in [5.74, 6) is 0.762. The van der Waals surface area contributed by atoms with Crippen LogP contribution in [-0.4, -0.2) is 31.8 Å². The van der Waals surface area contributed by atoms with Crippen LogP contribution in [0.2, 0.25) is 0 Å². The molecule has 0 aliphatic heterocycles. The first-order chi connectivity index (χ1) is 17.9. The van der Waals surface area contributed by atoms with Crippen LogP contribution in [0.5, 0.6) is 0 Å². The number of para-hydroxylation sites is 1. The molecule has 37 heavy (non-hydrogen) atoms. The molecule has 2 aromatic heterocycles. The van der Waals surface area contributed by atoms with E-state index in [0.29, 0.717) is 28.7 Å². The molecule has 5 aromatic rings. The molecule has 9 heteroatoms. The van der Waals surface area contributed by atoms with E-state index in [-0.39, 0.29) is 18.4 Å². The van der Waals surface area contributed by atoms with E-state index in [0.717, 1.165) is 27.9 Å². The molecular formula is C28H25N7O2. The Labute approximate surface area is 213 Å². The zero-order valence-electron chi connectivity index (χ0n) is 20.4. The van der Waals surface area contributed by atoms with E-state index in [2.05, 4.69) is 35.9 Å². The van der Waals surface area contributed by atoms with Crippen molar-refractivity contribution in [1.29, 1.82) is 0 Å². The first-order valence-corrected chi connectivity index (χ1v) is 11.8. The Kier molecular flexibility index (Phi) is 6.58. The lowest BCUT2D eigenvalue weighted by Crippen LogP contribution is -2.23. The van der Waals surface area contributed by atoms with E-state index >= 15 is 0 Å². The number of amides is 2. The van der Waals surface area contributed by atoms with Crippen molar-refractivity contribution in [3.8, 4) is 11.3 Å². The minimum absolute atomic E-state index is 0.123. The zero-order valence-corrected chi connectivity index (χ0v) is 20.4. The average Bonchev–Trinajstić information content (AvgIpc) is 3.32. The highest BCUT2D eigenvalue weighted by molar-refractivity contribution is 5.95. The van der Waals surface area contributed by atoms with Crippen LogP contribution in [0, 0.1) is 6.92 Å². The van der Waals surface area contributed by atoms with Gasteiger partial charge in [-0.25, -0.2) is 15.0 Å². The molecule has 0 spiro atoms. The van der Waals surface area contributed by atoms with Crippen molar-refractivity contribution in [2.45, 2.75) is 20.4 Å². The number of aryl methyl sites for hydroxylation is 1. The molecule has 2 amide bonds. The van der Waals surface area contributed by atoms with Gasteiger partial charge in [-0.05, 0) is 55.0 Å². The maximum atomic E-state index is 12.8. The normalized spacial score (nSPS) is 10.8. The number of nitrogens with one attached hydrogen (secondary N) is 4. The third-order valence-corrected chi connectivity index (χ3v) is 5.72. The van der Waals surface area contributed by atoms with Crippen LogP contribution < -0.4 is 16.0 Å². The third-order valence-electron chi connectivity index (χ3n) is 5.72. The van der Waals surface area contributed by atoms with Crippen LogP contribution >= 0.6 is 0 Å². The number of nitrogens with zero attached hydrogens (tertiary/aromatic N) is 3. The minimum atomic E-state index is -0.213. The highest BCUT2D eigenvalue weighted by Crippen LogP contribution is 2.22. The number of carbonyl (C=O) groups excluding carboxylic acids is 2. The van der Waals surface area contributed by atoms with Crippen molar-refractivity contribution in [2.24, 2.45) is 0 Å². The molecule has 0 saturated carbocycles. The molecule has 0 aliphatic carbocycles. The molecule has 0 bridgehead atoms. The second-order valence-corrected chi connectivity index (χ2v) is 8.57. The topological polar surface area (TPSA) is 125 Å². The Bertz CT molecular complexity index is 1590. The molecule has 0 fully saturated rings. The van der Waals surface area contributed by atoms with Gasteiger partial charge in [-0.3, -0.25) is 9.59 Å². The van der Waals surface area contributed by atoms with Crippen LogP contribution in [-0.2, 0) is 11.3 Å². The summed E-state index contributed by atoms with van der Waals surface area (Å²) in [7, 11) is 0. The smallest absolute Gasteiger partial charge is 0.251 e. The van der Waals surface area contributed by atoms with Crippen molar-refractivity contribution in [3.05, 3.63) is 95.9 Å². The number of anilines is 3. The third kappa shape index (κ3) is 5.62. The maximum Gasteiger partial charge on any atom is 0.251 e. The molecule has 3 aromatic carbocycles. The second-order valence-electron chi connectivity index (χ2n) is 8.57. The van der Waals surface area contributed by atoms with Crippen LogP contribution in [0.25, 0.3) is 22.3 Å². The largest absolute Gasteiger partial charge is 0.345 e. The van der Waals surface area contributed by atoms with Gasteiger partial charge in [-0.2, -0.15) is 0 Å². The molecule has 0 aliphatic rings. The number of aromatic nitrogens is 4. The van der Waals surface area contributed by atoms with Gasteiger partial charge in [0.25, 0.3) is 5.91 Å². The van der Waals surface area contributed by atoms with E-state index in [1.54, 1.807) is 24.4 Å². The van der Waals surface area contributed by atoms with E-state index in [1.165, 1.54) is 6.92 Å². The van der Waals surface area contributed by atoms with Gasteiger partial charge >= 0.3 is 0 Å². The van der Waals surface area contributed by atoms with Gasteiger partial charge < -0.3 is 20.9 Å². The van der Waals surface area contributed by atoms with Crippen molar-refractivity contribution < 1.29 is 9.59 Å². The maximum absolute atomic E-state index is 12.8. The Morgan fingerprint density at radius 1 is 0.919 bits per heavy atom. The summed E-state index contributed by atoms with van der Waals surface area (Å²) >= 11 is 0. The van der Waals surface area contributed by atoms with Crippen molar-refractivity contribution >= 4 is 40.2 Å². The first-order valence-electron chi connectivity index (χ1n) is 11.8. The van der Waals surface area contributed by atoms with Crippen LogP contribution in [0.1, 0.15) is 28.7 Å². The van der Waals surface area contributed by atoms with Crippen molar-refractivity contribution in [3.63, 3.8) is 0 Å². The highest BCUT2D eigenvalue weighted by Gasteiger charge is 2.10. The standard InChI is InChI=1S/C28H25N7O2/c1-17-5-3-8-24-26(17)35-25(33-24)16-30-27(37)20-6-4-7-22(15-20)32-28-29-14-13-23(34-28)19-9-11-21(12-10-19)31-18(2)36/h3-15H,16H2,1-2H3,(H,30,37)(H,31,36)(H,33,35)(H,29,32,34). The van der Waals surface area contributed by atoms with Gasteiger partial charge in [0.1, 0.15) is 5.82 Å². The number of aromatic amines is 1. The van der Waals surface area contributed by atoms with E-state index in [4.69, 9.17) is 0 Å². The summed E-state index contributed by atoms with van der Waals surface area (Å²) in [5, 5.41) is 8.83. The van der Waals surface area contributed by atoms with Crippen LogP contribution in [0.15, 0.2) is 79.0 Å². The number of carbonyl (C=O) groups is 2. The summed E-state index contributed by atoms with van der Waals surface area (Å²) in [5.41, 5.74) is 6.44. The molecular weight excluding hydrogens is 466 g/mol. The Balaban J connectivity index is 1.25. The Hall–Kier alpha value is -5.05. The first kappa shape index (κ1) is 23.7. The van der Waals surface area contributed by atoms with E-state index < -0.39 is 0 Å². The number of hydrogen-bond acceptors (Lipinski definition) is 6. The number of imidazole rings is 1. The molecule has 2 heterocycles. The fourth-order valence-electron chi connectivity index (χ4n) is 3.95. The number of rotatable bonds is 7. The molecule has 9 nitrogen and oxygen atoms in total. The van der Waals surface area contributed by atoms with Gasteiger partial charge in [0.2, 0.25) is 11.9 Å². The molecule has 4 N–H and O–H groups in total. The highest BCUT2D eigenvalue weighted by atomic mass is 16.2. The van der Waals surface area contributed by atoms with E-state index in [1.807, 2.05) is 61.5 Å². The number of benzene rings is 3. The zero-order chi connectivity index (χ0) is 25.8. The average molecular weight is 492 g/mol. The van der Waals surface area contributed by atoms with Crippen molar-refractivity contribution in [1.82, 2.24) is 25.3 Å². The lowest BCUT2D eigenvalue weighted by Gasteiger charge is -2.09. The fourth-order valence-corrected chi connectivity index (χ4v) is 3.95. The predicted octanol–water partition coefficient (Wildman–Crippen LogP) is 4.96. The lowest BCUT2D eigenvalue weighted by atomic mass is 10.1. The lowest BCUT2D eigenvalue weighted by molar-refractivity contribution is -0.114. The monoisotopic (exact) mass is 491 g/mol. The summed E-state index contributed by atoms with van der Waals surface area (Å²) in [6.45, 7) is 3.76. The second kappa shape index (κ2) is 10.3. The molecule has 5 rings (SSSR count). The molecule has 0 unspecified atom stereocenters. The van der Waals surface area contributed by atoms with Gasteiger partial charge in [0.15, 0.2) is 0 Å². The van der Waals surface area contributed by atoms with Crippen LogP contribution in [0.3, 0.4) is 0 Å². The van der Waals surface area contributed by atoms with Gasteiger partial charge in [0.05, 0.1) is 23.3 Å². The summed E-state index contributed by atoms with van der Waals surface area (Å²) < 4.78 is 0. The Morgan fingerprint density at radius 3 is 2.51 bits per heavy atom. The van der Waals surface area contributed by atoms with E-state index in [9.17, 15) is 9.59 Å². The van der Waals surface area contributed by atoms with Crippen molar-refractivity contribution in [2.75, 3.05) is 10.6 Å². The summed E-state index contributed by atoms with van der Waals surface area (Å²) in [4.78, 5) is 40.7. The predicted molar refractivity (Wildman–Crippen MR) is 143 cm³/mol.